The fourth-order valence-electron chi connectivity index (χ4n) is 2.78. The summed E-state index contributed by atoms with van der Waals surface area (Å²) in [7, 11) is -3.09. The number of nitrogens with zero attached hydrogens (tertiary/aromatic N) is 2. The molecule has 1 amide bonds. The Hall–Kier alpha value is -2.62. The molecule has 1 atom stereocenters. The molecule has 1 aromatic heterocycles. The first-order chi connectivity index (χ1) is 12.0. The van der Waals surface area contributed by atoms with Crippen molar-refractivity contribution in [3.05, 3.63) is 24.0 Å². The van der Waals surface area contributed by atoms with Gasteiger partial charge in [0, 0.05) is 5.56 Å². The second kappa shape index (κ2) is 6.03. The predicted octanol–water partition coefficient (Wildman–Crippen LogP) is 0.516. The largest absolute Gasteiger partial charge is 0.454 e. The highest BCUT2D eigenvalue weighted by molar-refractivity contribution is 7.91. The van der Waals surface area contributed by atoms with Crippen molar-refractivity contribution in [3.63, 3.8) is 0 Å². The molecule has 0 bridgehead atoms. The number of carbonyl (C=O) groups excluding carboxylic acids is 1. The summed E-state index contributed by atoms with van der Waals surface area (Å²) in [6.45, 7) is 0.250. The van der Waals surface area contributed by atoms with Crippen LogP contribution >= 0.6 is 0 Å². The number of benzene rings is 1. The number of sulfone groups is 1. The molecule has 1 saturated heterocycles. The number of rotatable bonds is 4. The lowest BCUT2D eigenvalue weighted by Crippen LogP contribution is -2.31. The molecule has 0 aliphatic carbocycles. The van der Waals surface area contributed by atoms with Gasteiger partial charge in [0.25, 0.3) is 5.89 Å². The van der Waals surface area contributed by atoms with E-state index in [0.717, 1.165) is 0 Å². The van der Waals surface area contributed by atoms with Gasteiger partial charge in [0.05, 0.1) is 24.0 Å². The van der Waals surface area contributed by atoms with E-state index in [1.807, 2.05) is 0 Å². The standard InChI is InChI=1S/C15H15N3O6S/c19-14(10-3-4-25(20,21)7-10)16-6-13-17-15(24-18-13)9-1-2-11-12(5-9)23-8-22-11/h1-2,5,10H,3-4,6-8H2,(H,16,19)/t10-/m0/s1. The Bertz CT molecular complexity index is 923. The highest BCUT2D eigenvalue weighted by Crippen LogP contribution is 2.35. The van der Waals surface area contributed by atoms with Gasteiger partial charge in [-0.1, -0.05) is 5.16 Å². The van der Waals surface area contributed by atoms with Crippen LogP contribution in [0.1, 0.15) is 12.2 Å². The molecule has 132 valence electrons. The Morgan fingerprint density at radius 2 is 2.12 bits per heavy atom. The highest BCUT2D eigenvalue weighted by atomic mass is 32.2. The Morgan fingerprint density at radius 1 is 1.28 bits per heavy atom. The zero-order chi connectivity index (χ0) is 17.4. The number of amides is 1. The first kappa shape index (κ1) is 15.9. The van der Waals surface area contributed by atoms with E-state index in [1.165, 1.54) is 0 Å². The minimum Gasteiger partial charge on any atom is -0.454 e. The van der Waals surface area contributed by atoms with Gasteiger partial charge in [-0.25, -0.2) is 8.42 Å². The van der Waals surface area contributed by atoms with Crippen LogP contribution in [-0.2, 0) is 21.2 Å². The molecule has 10 heteroatoms. The maximum absolute atomic E-state index is 12.0. The van der Waals surface area contributed by atoms with E-state index in [2.05, 4.69) is 15.5 Å². The molecule has 1 N–H and O–H groups in total. The fourth-order valence-corrected chi connectivity index (χ4v) is 4.53. The van der Waals surface area contributed by atoms with Crippen LogP contribution in [0, 0.1) is 5.92 Å². The van der Waals surface area contributed by atoms with E-state index in [4.69, 9.17) is 14.0 Å². The lowest BCUT2D eigenvalue weighted by molar-refractivity contribution is -0.124. The van der Waals surface area contributed by atoms with Gasteiger partial charge in [-0.2, -0.15) is 4.98 Å². The number of carbonyl (C=O) groups is 1. The molecule has 2 aliphatic rings. The predicted molar refractivity (Wildman–Crippen MR) is 84.5 cm³/mol. The summed E-state index contributed by atoms with van der Waals surface area (Å²) in [6, 6.07) is 5.26. The normalized spacial score (nSPS) is 20.6. The molecule has 1 aromatic carbocycles. The number of hydrogen-bond acceptors (Lipinski definition) is 8. The quantitative estimate of drug-likeness (QED) is 0.832. The molecule has 0 spiro atoms. The first-order valence-electron chi connectivity index (χ1n) is 7.71. The Balaban J connectivity index is 1.39. The van der Waals surface area contributed by atoms with Crippen LogP contribution in [-0.4, -0.2) is 42.8 Å². The number of ether oxygens (including phenoxy) is 2. The minimum atomic E-state index is -3.09. The van der Waals surface area contributed by atoms with Gasteiger partial charge in [0.2, 0.25) is 12.7 Å². The second-order valence-corrected chi connectivity index (χ2v) is 8.13. The van der Waals surface area contributed by atoms with Gasteiger partial charge in [0.1, 0.15) is 0 Å². The van der Waals surface area contributed by atoms with Crippen molar-refractivity contribution in [2.75, 3.05) is 18.3 Å². The molecule has 2 aromatic rings. The van der Waals surface area contributed by atoms with Crippen molar-refractivity contribution >= 4 is 15.7 Å². The van der Waals surface area contributed by atoms with Gasteiger partial charge in [0.15, 0.2) is 27.2 Å². The smallest absolute Gasteiger partial charge is 0.258 e. The third-order valence-electron chi connectivity index (χ3n) is 4.11. The van der Waals surface area contributed by atoms with E-state index in [0.29, 0.717) is 35.2 Å². The molecular formula is C15H15N3O6S. The number of hydrogen-bond donors (Lipinski definition) is 1. The van der Waals surface area contributed by atoms with Gasteiger partial charge in [-0.05, 0) is 24.6 Å². The summed E-state index contributed by atoms with van der Waals surface area (Å²) in [5.41, 5.74) is 0.677. The van der Waals surface area contributed by atoms with Crippen LogP contribution in [0.3, 0.4) is 0 Å². The first-order valence-corrected chi connectivity index (χ1v) is 9.53. The molecule has 0 unspecified atom stereocenters. The maximum atomic E-state index is 12.0. The Labute approximate surface area is 143 Å². The van der Waals surface area contributed by atoms with Crippen molar-refractivity contribution in [1.82, 2.24) is 15.5 Å². The fraction of sp³-hybridized carbons (Fsp3) is 0.400. The summed E-state index contributed by atoms with van der Waals surface area (Å²) < 4.78 is 38.6. The summed E-state index contributed by atoms with van der Waals surface area (Å²) in [4.78, 5) is 16.2. The average Bonchev–Trinajstić information content (AvgIpc) is 3.30. The van der Waals surface area contributed by atoms with Crippen LogP contribution in [0.15, 0.2) is 22.7 Å². The van der Waals surface area contributed by atoms with E-state index in [-0.39, 0.29) is 30.8 Å². The monoisotopic (exact) mass is 365 g/mol. The van der Waals surface area contributed by atoms with Crippen LogP contribution < -0.4 is 14.8 Å². The van der Waals surface area contributed by atoms with Crippen LogP contribution in [0.2, 0.25) is 0 Å². The summed E-state index contributed by atoms with van der Waals surface area (Å²) in [5, 5.41) is 6.47. The lowest BCUT2D eigenvalue weighted by atomic mass is 10.1. The summed E-state index contributed by atoms with van der Waals surface area (Å²) in [6.07, 6.45) is 0.350. The molecule has 25 heavy (non-hydrogen) atoms. The Kier molecular flexibility index (Phi) is 3.83. The third-order valence-corrected chi connectivity index (χ3v) is 5.88. The van der Waals surface area contributed by atoms with Crippen molar-refractivity contribution < 1.29 is 27.2 Å². The summed E-state index contributed by atoms with van der Waals surface area (Å²) in [5.74, 6) is 0.999. The lowest BCUT2D eigenvalue weighted by Gasteiger charge is -2.06. The minimum absolute atomic E-state index is 0.0571. The average molecular weight is 365 g/mol. The van der Waals surface area contributed by atoms with Crippen LogP contribution in [0.4, 0.5) is 0 Å². The second-order valence-electron chi connectivity index (χ2n) is 5.90. The molecule has 4 rings (SSSR count). The zero-order valence-corrected chi connectivity index (χ0v) is 13.9. The zero-order valence-electron chi connectivity index (χ0n) is 13.1. The molecule has 9 nitrogen and oxygen atoms in total. The van der Waals surface area contributed by atoms with Crippen molar-refractivity contribution in [3.8, 4) is 23.0 Å². The van der Waals surface area contributed by atoms with E-state index < -0.39 is 15.8 Å². The number of aromatic nitrogens is 2. The van der Waals surface area contributed by atoms with Gasteiger partial charge in [-0.3, -0.25) is 4.79 Å². The van der Waals surface area contributed by atoms with Crippen LogP contribution in [0.25, 0.3) is 11.5 Å². The number of nitrogens with one attached hydrogen (secondary N) is 1. The van der Waals surface area contributed by atoms with Crippen molar-refractivity contribution in [1.29, 1.82) is 0 Å². The molecule has 2 aliphatic heterocycles. The van der Waals surface area contributed by atoms with Gasteiger partial charge < -0.3 is 19.3 Å². The molecule has 0 saturated carbocycles. The molecule has 3 heterocycles. The van der Waals surface area contributed by atoms with E-state index >= 15 is 0 Å². The molecule has 0 radical (unpaired) electrons. The third kappa shape index (κ3) is 3.29. The van der Waals surface area contributed by atoms with Crippen LogP contribution in [0.5, 0.6) is 11.5 Å². The Morgan fingerprint density at radius 3 is 2.92 bits per heavy atom. The highest BCUT2D eigenvalue weighted by Gasteiger charge is 2.32. The van der Waals surface area contributed by atoms with Gasteiger partial charge >= 0.3 is 0 Å². The van der Waals surface area contributed by atoms with E-state index in [1.54, 1.807) is 18.2 Å². The summed E-state index contributed by atoms with van der Waals surface area (Å²) >= 11 is 0. The van der Waals surface area contributed by atoms with Crippen molar-refractivity contribution in [2.45, 2.75) is 13.0 Å². The van der Waals surface area contributed by atoms with Crippen molar-refractivity contribution in [2.24, 2.45) is 5.92 Å². The topological polar surface area (TPSA) is 121 Å². The van der Waals surface area contributed by atoms with Gasteiger partial charge in [-0.15, -0.1) is 0 Å². The maximum Gasteiger partial charge on any atom is 0.258 e. The molecular weight excluding hydrogens is 350 g/mol. The molecule has 1 fully saturated rings. The van der Waals surface area contributed by atoms with E-state index in [9.17, 15) is 13.2 Å². The SMILES string of the molecule is O=C(NCc1noc(-c2ccc3c(c2)OCO3)n1)[C@H]1CCS(=O)(=O)C1. The number of fused-ring (bicyclic) bond motifs is 1.